The Morgan fingerprint density at radius 3 is 3.00 bits per heavy atom. The van der Waals surface area contributed by atoms with Gasteiger partial charge in [0.05, 0.1) is 5.56 Å². The Kier molecular flexibility index (Phi) is 3.02. The average Bonchev–Trinajstić information content (AvgIpc) is 2.31. The molecule has 1 atom stereocenters. The van der Waals surface area contributed by atoms with Crippen LogP contribution in [-0.2, 0) is 0 Å². The maximum Gasteiger partial charge on any atom is 0.153 e. The van der Waals surface area contributed by atoms with E-state index < -0.39 is 0 Å². The lowest BCUT2D eigenvalue weighted by Gasteiger charge is -2.23. The van der Waals surface area contributed by atoms with Crippen molar-refractivity contribution in [1.82, 2.24) is 5.32 Å². The highest BCUT2D eigenvalue weighted by Gasteiger charge is 2.15. The van der Waals surface area contributed by atoms with Crippen LogP contribution < -0.4 is 5.32 Å². The van der Waals surface area contributed by atoms with Crippen LogP contribution in [-0.4, -0.2) is 24.5 Å². The first-order chi connectivity index (χ1) is 7.31. The second-order valence-corrected chi connectivity index (χ2v) is 3.98. The molecule has 1 aromatic carbocycles. The lowest BCUT2D eigenvalue weighted by atomic mass is 9.90. The first-order valence-electron chi connectivity index (χ1n) is 5.30. The Labute approximate surface area is 89.1 Å². The van der Waals surface area contributed by atoms with Gasteiger partial charge in [0, 0.05) is 6.54 Å². The quantitative estimate of drug-likeness (QED) is 0.722. The maximum atomic E-state index is 10.7. The first kappa shape index (κ1) is 10.2. The van der Waals surface area contributed by atoms with E-state index in [1.54, 1.807) is 12.1 Å². The number of hydrogen-bond acceptors (Lipinski definition) is 3. The maximum absolute atomic E-state index is 10.7. The van der Waals surface area contributed by atoms with Gasteiger partial charge in [-0.25, -0.2) is 0 Å². The van der Waals surface area contributed by atoms with Crippen molar-refractivity contribution >= 4 is 6.29 Å². The molecule has 1 saturated heterocycles. The zero-order valence-corrected chi connectivity index (χ0v) is 8.57. The van der Waals surface area contributed by atoms with Gasteiger partial charge in [-0.3, -0.25) is 4.79 Å². The molecule has 15 heavy (non-hydrogen) atoms. The zero-order chi connectivity index (χ0) is 10.7. The summed E-state index contributed by atoms with van der Waals surface area (Å²) < 4.78 is 0. The molecule has 1 aliphatic rings. The predicted octanol–water partition coefficient (Wildman–Crippen LogP) is 1.67. The fourth-order valence-electron chi connectivity index (χ4n) is 2.06. The Morgan fingerprint density at radius 2 is 2.33 bits per heavy atom. The van der Waals surface area contributed by atoms with Crippen molar-refractivity contribution in [3.05, 3.63) is 29.3 Å². The molecule has 1 unspecified atom stereocenters. The summed E-state index contributed by atoms with van der Waals surface area (Å²) in [6.07, 6.45) is 3.02. The van der Waals surface area contributed by atoms with E-state index in [4.69, 9.17) is 0 Å². The molecular formula is C12H15NO2. The number of hydrogen-bond donors (Lipinski definition) is 2. The van der Waals surface area contributed by atoms with Crippen LogP contribution in [0.1, 0.15) is 34.7 Å². The monoisotopic (exact) mass is 205 g/mol. The summed E-state index contributed by atoms with van der Waals surface area (Å²) in [6.45, 7) is 2.04. The van der Waals surface area contributed by atoms with Crippen molar-refractivity contribution in [3.8, 4) is 5.75 Å². The van der Waals surface area contributed by atoms with Gasteiger partial charge in [0.15, 0.2) is 6.29 Å². The molecule has 80 valence electrons. The second kappa shape index (κ2) is 4.45. The minimum absolute atomic E-state index is 0.0671. The van der Waals surface area contributed by atoms with Gasteiger partial charge in [-0.15, -0.1) is 0 Å². The smallest absolute Gasteiger partial charge is 0.153 e. The highest BCUT2D eigenvalue weighted by atomic mass is 16.3. The molecule has 0 aliphatic carbocycles. The Morgan fingerprint density at radius 1 is 1.47 bits per heavy atom. The lowest BCUT2D eigenvalue weighted by molar-refractivity contribution is 0.112. The Balaban J connectivity index is 2.23. The summed E-state index contributed by atoms with van der Waals surface area (Å²) in [5, 5.41) is 12.7. The molecule has 3 nitrogen and oxygen atoms in total. The lowest BCUT2D eigenvalue weighted by Crippen LogP contribution is -2.28. The number of rotatable bonds is 2. The Bertz CT molecular complexity index is 357. The SMILES string of the molecule is O=Cc1cc(C2CCCNC2)ccc1O. The average molecular weight is 205 g/mol. The number of carbonyl (C=O) groups excluding carboxylic acids is 1. The third-order valence-electron chi connectivity index (χ3n) is 2.95. The normalized spacial score (nSPS) is 21.2. The molecule has 0 radical (unpaired) electrons. The van der Waals surface area contributed by atoms with E-state index in [-0.39, 0.29) is 5.75 Å². The van der Waals surface area contributed by atoms with Crippen molar-refractivity contribution in [3.63, 3.8) is 0 Å². The van der Waals surface area contributed by atoms with Crippen LogP contribution in [0.5, 0.6) is 5.75 Å². The first-order valence-corrected chi connectivity index (χ1v) is 5.30. The largest absolute Gasteiger partial charge is 0.507 e. The van der Waals surface area contributed by atoms with Crippen LogP contribution >= 0.6 is 0 Å². The van der Waals surface area contributed by atoms with Crippen LogP contribution in [0.4, 0.5) is 0 Å². The second-order valence-electron chi connectivity index (χ2n) is 3.98. The number of piperidine rings is 1. The summed E-state index contributed by atoms with van der Waals surface area (Å²) in [5.41, 5.74) is 1.53. The van der Waals surface area contributed by atoms with Gasteiger partial charge < -0.3 is 10.4 Å². The van der Waals surface area contributed by atoms with E-state index >= 15 is 0 Å². The number of phenolic OH excluding ortho intramolecular Hbond substituents is 1. The van der Waals surface area contributed by atoms with Gasteiger partial charge in [0.2, 0.25) is 0 Å². The molecule has 1 aromatic rings. The van der Waals surface area contributed by atoms with Crippen LogP contribution in [0.2, 0.25) is 0 Å². The van der Waals surface area contributed by atoms with E-state index in [9.17, 15) is 9.90 Å². The topological polar surface area (TPSA) is 49.3 Å². The van der Waals surface area contributed by atoms with Gasteiger partial charge in [0.25, 0.3) is 0 Å². The number of aldehydes is 1. The van der Waals surface area contributed by atoms with Crippen molar-refractivity contribution in [2.24, 2.45) is 0 Å². The van der Waals surface area contributed by atoms with Gasteiger partial charge in [0.1, 0.15) is 5.75 Å². The van der Waals surface area contributed by atoms with E-state index in [2.05, 4.69) is 5.32 Å². The molecule has 1 aliphatic heterocycles. The molecule has 0 amide bonds. The van der Waals surface area contributed by atoms with Crippen LogP contribution in [0.3, 0.4) is 0 Å². The third-order valence-corrected chi connectivity index (χ3v) is 2.95. The predicted molar refractivity (Wildman–Crippen MR) is 58.3 cm³/mol. The van der Waals surface area contributed by atoms with Crippen LogP contribution in [0.25, 0.3) is 0 Å². The molecule has 0 aromatic heterocycles. The standard InChI is InChI=1S/C12H15NO2/c14-8-11-6-9(3-4-12(11)15)10-2-1-5-13-7-10/h3-4,6,8,10,13,15H,1-2,5,7H2. The summed E-state index contributed by atoms with van der Waals surface area (Å²) in [7, 11) is 0. The van der Waals surface area contributed by atoms with Crippen LogP contribution in [0.15, 0.2) is 18.2 Å². The fourth-order valence-corrected chi connectivity index (χ4v) is 2.06. The molecule has 0 saturated carbocycles. The molecule has 0 bridgehead atoms. The minimum Gasteiger partial charge on any atom is -0.507 e. The van der Waals surface area contributed by atoms with E-state index in [1.807, 2.05) is 6.07 Å². The minimum atomic E-state index is 0.0671. The fraction of sp³-hybridized carbons (Fsp3) is 0.417. The molecule has 1 heterocycles. The van der Waals surface area contributed by atoms with E-state index in [1.165, 1.54) is 6.42 Å². The molecule has 2 N–H and O–H groups in total. The van der Waals surface area contributed by atoms with Gasteiger partial charge in [-0.1, -0.05) is 6.07 Å². The summed E-state index contributed by atoms with van der Waals surface area (Å²) in [6, 6.07) is 5.30. The number of aromatic hydroxyl groups is 1. The molecule has 1 fully saturated rings. The van der Waals surface area contributed by atoms with Crippen molar-refractivity contribution in [2.75, 3.05) is 13.1 Å². The van der Waals surface area contributed by atoms with Crippen molar-refractivity contribution in [1.29, 1.82) is 0 Å². The highest BCUT2D eigenvalue weighted by Crippen LogP contribution is 2.26. The van der Waals surface area contributed by atoms with E-state index in [0.29, 0.717) is 17.8 Å². The van der Waals surface area contributed by atoms with Gasteiger partial charge in [-0.05, 0) is 43.0 Å². The Hall–Kier alpha value is -1.35. The molecule has 0 spiro atoms. The zero-order valence-electron chi connectivity index (χ0n) is 8.57. The third kappa shape index (κ3) is 2.18. The molecule has 2 rings (SSSR count). The van der Waals surface area contributed by atoms with Gasteiger partial charge in [-0.2, -0.15) is 0 Å². The summed E-state index contributed by atoms with van der Waals surface area (Å²) in [4.78, 5) is 10.7. The number of phenols is 1. The number of benzene rings is 1. The summed E-state index contributed by atoms with van der Waals surface area (Å²) >= 11 is 0. The highest BCUT2D eigenvalue weighted by molar-refractivity contribution is 5.79. The van der Waals surface area contributed by atoms with Crippen molar-refractivity contribution in [2.45, 2.75) is 18.8 Å². The number of nitrogens with one attached hydrogen (secondary N) is 1. The van der Waals surface area contributed by atoms with E-state index in [0.717, 1.165) is 25.1 Å². The summed E-state index contributed by atoms with van der Waals surface area (Å²) in [5.74, 6) is 0.538. The van der Waals surface area contributed by atoms with Crippen LogP contribution in [0, 0.1) is 0 Å². The van der Waals surface area contributed by atoms with Gasteiger partial charge >= 0.3 is 0 Å². The number of carbonyl (C=O) groups is 1. The van der Waals surface area contributed by atoms with Crippen molar-refractivity contribution < 1.29 is 9.90 Å². The molecular weight excluding hydrogens is 190 g/mol. The molecule has 3 heteroatoms.